The number of hydrogen-bond acceptors (Lipinski definition) is 4. The molecule has 1 aromatic heterocycles. The summed E-state index contributed by atoms with van der Waals surface area (Å²) < 4.78 is 0. The molecule has 1 amide bonds. The van der Waals surface area contributed by atoms with Gasteiger partial charge in [-0.2, -0.15) is 0 Å². The van der Waals surface area contributed by atoms with Crippen LogP contribution in [0.3, 0.4) is 0 Å². The molecule has 130 valence electrons. The summed E-state index contributed by atoms with van der Waals surface area (Å²) in [5.41, 5.74) is 1.76. The van der Waals surface area contributed by atoms with Crippen molar-refractivity contribution in [3.8, 4) is 0 Å². The van der Waals surface area contributed by atoms with E-state index in [4.69, 9.17) is 11.6 Å². The molecule has 26 heavy (non-hydrogen) atoms. The van der Waals surface area contributed by atoms with E-state index in [1.165, 1.54) is 18.2 Å². The van der Waals surface area contributed by atoms with Crippen molar-refractivity contribution in [2.24, 2.45) is 0 Å². The molecule has 1 N–H and O–H groups in total. The van der Waals surface area contributed by atoms with Gasteiger partial charge in [0, 0.05) is 24.5 Å². The number of amides is 1. The molecular weight excluding hydrogens is 354 g/mol. The topological polar surface area (TPSA) is 85.1 Å². The highest BCUT2D eigenvalue weighted by Gasteiger charge is 2.20. The summed E-state index contributed by atoms with van der Waals surface area (Å²) in [5.74, 6) is -0.421. The quantitative estimate of drug-likeness (QED) is 0.542. The van der Waals surface area contributed by atoms with E-state index < -0.39 is 16.9 Å². The summed E-state index contributed by atoms with van der Waals surface area (Å²) in [6.07, 6.45) is 3.30. The first-order valence-corrected chi connectivity index (χ1v) is 8.13. The second-order valence-electron chi connectivity index (χ2n) is 5.52. The largest absolute Gasteiger partial charge is 0.341 e. The Balaban J connectivity index is 1.92. The van der Waals surface area contributed by atoms with E-state index in [2.05, 4.69) is 10.3 Å². The maximum atomic E-state index is 12.7. The second kappa shape index (κ2) is 7.76. The average molecular weight is 368 g/mol. The lowest BCUT2D eigenvalue weighted by atomic mass is 9.99. The third-order valence-corrected chi connectivity index (χ3v) is 4.17. The molecule has 2 aromatic carbocycles. The number of nitrogens with zero attached hydrogens (tertiary/aromatic N) is 2. The first kappa shape index (κ1) is 17.6. The number of nitro groups is 1. The minimum absolute atomic E-state index is 0.0261. The van der Waals surface area contributed by atoms with Crippen molar-refractivity contribution in [3.63, 3.8) is 0 Å². The number of nitrogens with one attached hydrogen (secondary N) is 1. The average Bonchev–Trinajstić information content (AvgIpc) is 2.67. The minimum atomic E-state index is -0.558. The molecule has 6 nitrogen and oxygen atoms in total. The van der Waals surface area contributed by atoms with Crippen LogP contribution in [0.4, 0.5) is 5.69 Å². The number of nitro benzene ring substituents is 1. The molecule has 0 aliphatic heterocycles. The van der Waals surface area contributed by atoms with Gasteiger partial charge in [-0.3, -0.25) is 19.9 Å². The van der Waals surface area contributed by atoms with E-state index in [1.54, 1.807) is 12.4 Å². The number of halogens is 1. The maximum absolute atomic E-state index is 12.7. The number of pyridine rings is 1. The summed E-state index contributed by atoms with van der Waals surface area (Å²) >= 11 is 6.07. The number of carbonyl (C=O) groups is 1. The fourth-order valence-corrected chi connectivity index (χ4v) is 2.83. The normalized spacial score (nSPS) is 11.6. The third kappa shape index (κ3) is 3.87. The van der Waals surface area contributed by atoms with Crippen LogP contribution in [-0.4, -0.2) is 15.8 Å². The maximum Gasteiger partial charge on any atom is 0.270 e. The molecule has 7 heteroatoms. The number of aromatic nitrogens is 1. The molecule has 0 saturated heterocycles. The Labute approximate surface area is 154 Å². The van der Waals surface area contributed by atoms with Gasteiger partial charge < -0.3 is 5.32 Å². The van der Waals surface area contributed by atoms with Crippen LogP contribution in [0.25, 0.3) is 0 Å². The zero-order valence-corrected chi connectivity index (χ0v) is 14.3. The molecule has 0 aliphatic carbocycles. The van der Waals surface area contributed by atoms with Crippen LogP contribution in [0.1, 0.15) is 27.5 Å². The molecule has 0 fully saturated rings. The van der Waals surface area contributed by atoms with E-state index in [-0.39, 0.29) is 16.3 Å². The van der Waals surface area contributed by atoms with Crippen molar-refractivity contribution in [1.29, 1.82) is 0 Å². The molecule has 3 rings (SSSR count). The Morgan fingerprint density at radius 2 is 1.69 bits per heavy atom. The summed E-state index contributed by atoms with van der Waals surface area (Å²) in [5, 5.41) is 13.8. The van der Waals surface area contributed by atoms with Crippen LogP contribution in [0.2, 0.25) is 5.02 Å². The number of hydrogen-bond donors (Lipinski definition) is 1. The lowest BCUT2D eigenvalue weighted by Gasteiger charge is -2.20. The minimum Gasteiger partial charge on any atom is -0.341 e. The predicted octanol–water partition coefficient (Wildman–Crippen LogP) is 4.16. The van der Waals surface area contributed by atoms with E-state index in [0.717, 1.165) is 11.1 Å². The van der Waals surface area contributed by atoms with Crippen molar-refractivity contribution < 1.29 is 9.72 Å². The number of rotatable bonds is 5. The van der Waals surface area contributed by atoms with Crippen LogP contribution in [-0.2, 0) is 0 Å². The van der Waals surface area contributed by atoms with Crippen LogP contribution < -0.4 is 5.32 Å². The van der Waals surface area contributed by atoms with Crippen LogP contribution in [0.5, 0.6) is 0 Å². The van der Waals surface area contributed by atoms with Crippen molar-refractivity contribution >= 4 is 23.2 Å². The van der Waals surface area contributed by atoms with E-state index >= 15 is 0 Å². The monoisotopic (exact) mass is 367 g/mol. The van der Waals surface area contributed by atoms with Gasteiger partial charge in [0.05, 0.1) is 21.6 Å². The molecule has 0 bridgehead atoms. The van der Waals surface area contributed by atoms with Crippen LogP contribution in [0.15, 0.2) is 73.1 Å². The molecule has 0 radical (unpaired) electrons. The summed E-state index contributed by atoms with van der Waals surface area (Å²) in [6.45, 7) is 0. The number of carbonyl (C=O) groups excluding carboxylic acids is 1. The molecule has 0 saturated carbocycles. The second-order valence-corrected chi connectivity index (χ2v) is 5.93. The molecule has 1 atom stereocenters. The zero-order valence-electron chi connectivity index (χ0n) is 13.5. The van der Waals surface area contributed by atoms with Crippen LogP contribution in [0, 0.1) is 10.1 Å². The van der Waals surface area contributed by atoms with Crippen molar-refractivity contribution in [2.45, 2.75) is 6.04 Å². The molecular formula is C19H14ClN3O3. The summed E-state index contributed by atoms with van der Waals surface area (Å²) in [7, 11) is 0. The van der Waals surface area contributed by atoms with E-state index in [1.807, 2.05) is 42.5 Å². The molecule has 1 unspecified atom stereocenters. The predicted molar refractivity (Wildman–Crippen MR) is 98.1 cm³/mol. The van der Waals surface area contributed by atoms with Crippen molar-refractivity contribution in [2.75, 3.05) is 0 Å². The van der Waals surface area contributed by atoms with Crippen LogP contribution >= 0.6 is 11.6 Å². The molecule has 0 aliphatic rings. The zero-order chi connectivity index (χ0) is 18.5. The fourth-order valence-electron chi connectivity index (χ4n) is 2.57. The van der Waals surface area contributed by atoms with Gasteiger partial charge >= 0.3 is 0 Å². The lowest BCUT2D eigenvalue weighted by molar-refractivity contribution is -0.384. The van der Waals surface area contributed by atoms with Gasteiger partial charge in [0.2, 0.25) is 0 Å². The standard InChI is InChI=1S/C19H14ClN3O3/c20-17-12-15(23(25)26)6-7-16(17)19(24)22-18(13-4-2-1-3-5-13)14-8-10-21-11-9-14/h1-12,18H,(H,22,24). The lowest BCUT2D eigenvalue weighted by Crippen LogP contribution is -2.29. The molecule has 3 aromatic rings. The third-order valence-electron chi connectivity index (χ3n) is 3.86. The van der Waals surface area contributed by atoms with Gasteiger partial charge in [-0.1, -0.05) is 41.9 Å². The molecule has 0 spiro atoms. The van der Waals surface area contributed by atoms with Gasteiger partial charge in [0.15, 0.2) is 0 Å². The Morgan fingerprint density at radius 3 is 2.31 bits per heavy atom. The highest BCUT2D eigenvalue weighted by molar-refractivity contribution is 6.34. The summed E-state index contributed by atoms with van der Waals surface area (Å²) in [6, 6.07) is 16.5. The van der Waals surface area contributed by atoms with Crippen molar-refractivity contribution in [1.82, 2.24) is 10.3 Å². The molecule has 1 heterocycles. The first-order chi connectivity index (χ1) is 12.6. The van der Waals surface area contributed by atoms with Gasteiger partial charge in [-0.15, -0.1) is 0 Å². The van der Waals surface area contributed by atoms with Crippen molar-refractivity contribution in [3.05, 3.63) is 105 Å². The SMILES string of the molecule is O=C(NC(c1ccccc1)c1ccncc1)c1ccc([N+](=O)[O-])cc1Cl. The van der Waals surface area contributed by atoms with Gasteiger partial charge in [-0.25, -0.2) is 0 Å². The van der Waals surface area contributed by atoms with Gasteiger partial charge in [0.25, 0.3) is 11.6 Å². The van der Waals surface area contributed by atoms with E-state index in [0.29, 0.717) is 0 Å². The highest BCUT2D eigenvalue weighted by Crippen LogP contribution is 2.25. The van der Waals surface area contributed by atoms with E-state index in [9.17, 15) is 14.9 Å². The first-order valence-electron chi connectivity index (χ1n) is 7.76. The number of non-ortho nitro benzene ring substituents is 1. The Bertz CT molecular complexity index is 894. The fraction of sp³-hybridized carbons (Fsp3) is 0.0526. The Kier molecular flexibility index (Phi) is 5.24. The smallest absolute Gasteiger partial charge is 0.270 e. The van der Waals surface area contributed by atoms with Gasteiger partial charge in [-0.05, 0) is 29.3 Å². The Hall–Kier alpha value is -3.25. The van der Waals surface area contributed by atoms with Gasteiger partial charge in [0.1, 0.15) is 0 Å². The number of benzene rings is 2. The highest BCUT2D eigenvalue weighted by atomic mass is 35.5. The Morgan fingerprint density at radius 1 is 1.04 bits per heavy atom. The summed E-state index contributed by atoms with van der Waals surface area (Å²) in [4.78, 5) is 27.0.